The van der Waals surface area contributed by atoms with E-state index >= 15 is 0 Å². The second kappa shape index (κ2) is 2.26. The van der Waals surface area contributed by atoms with Gasteiger partial charge in [0.15, 0.2) is 5.75 Å². The minimum atomic E-state index is -1.28. The summed E-state index contributed by atoms with van der Waals surface area (Å²) in [7, 11) is -1.28. The number of nitrogens with zero attached hydrogens (tertiary/aromatic N) is 1. The Balaban J connectivity index is 2.42. The van der Waals surface area contributed by atoms with E-state index in [4.69, 9.17) is 20.3 Å². The van der Waals surface area contributed by atoms with Crippen LogP contribution in [-0.2, 0) is 0 Å². The molecule has 0 radical (unpaired) electrons. The van der Waals surface area contributed by atoms with Crippen molar-refractivity contribution in [2.24, 2.45) is 0 Å². The van der Waals surface area contributed by atoms with Crippen LogP contribution in [0.1, 0.15) is 0 Å². The molecule has 0 saturated heterocycles. The maximum atomic E-state index is 5.56. The van der Waals surface area contributed by atoms with Gasteiger partial charge in [-0.05, 0) is 23.4 Å². The van der Waals surface area contributed by atoms with Crippen LogP contribution in [-0.4, -0.2) is 4.98 Å². The van der Waals surface area contributed by atoms with Crippen molar-refractivity contribution < 1.29 is 9.05 Å². The van der Waals surface area contributed by atoms with Crippen molar-refractivity contribution in [3.63, 3.8) is 0 Å². The summed E-state index contributed by atoms with van der Waals surface area (Å²) in [6.07, 6.45) is 1.63. The van der Waals surface area contributed by atoms with Crippen molar-refractivity contribution in [2.45, 2.75) is 0 Å². The molecule has 0 bridgehead atoms. The number of pyridine rings is 1. The minimum absolute atomic E-state index is 0.489. The van der Waals surface area contributed by atoms with E-state index in [9.17, 15) is 0 Å². The summed E-state index contributed by atoms with van der Waals surface area (Å²) in [4.78, 5) is 3.89. The first-order chi connectivity index (χ1) is 4.86. The Morgan fingerprint density at radius 3 is 3.20 bits per heavy atom. The normalized spacial score (nSPS) is 21.1. The Bertz CT molecular complexity index is 232. The average molecular weight is 176 g/mol. The van der Waals surface area contributed by atoms with Gasteiger partial charge in [0.1, 0.15) is 0 Å². The van der Waals surface area contributed by atoms with Crippen LogP contribution >= 0.6 is 19.0 Å². The molecular weight excluding hydrogens is 172 g/mol. The predicted molar refractivity (Wildman–Crippen MR) is 38.3 cm³/mol. The summed E-state index contributed by atoms with van der Waals surface area (Å²) < 4.78 is 10.1. The lowest BCUT2D eigenvalue weighted by molar-refractivity contribution is 0.586. The summed E-state index contributed by atoms with van der Waals surface area (Å²) >= 11 is 5.56. The van der Waals surface area contributed by atoms with E-state index in [0.717, 1.165) is 0 Å². The van der Waals surface area contributed by atoms with E-state index in [1.54, 1.807) is 18.3 Å². The average Bonchev–Trinajstić information content (AvgIpc) is 2.27. The maximum absolute atomic E-state index is 5.56. The molecule has 2 heterocycles. The zero-order chi connectivity index (χ0) is 6.97. The van der Waals surface area contributed by atoms with Crippen molar-refractivity contribution in [1.29, 1.82) is 0 Å². The molecule has 0 amide bonds. The molecule has 1 aliphatic rings. The van der Waals surface area contributed by atoms with E-state index in [0.29, 0.717) is 11.6 Å². The molecule has 1 atom stereocenters. The quantitative estimate of drug-likeness (QED) is 0.567. The fraction of sp³-hybridized carbons (Fsp3) is 0. The van der Waals surface area contributed by atoms with Gasteiger partial charge in [-0.3, -0.25) is 0 Å². The smallest absolute Gasteiger partial charge is 0.402 e. The monoisotopic (exact) mass is 175 g/mol. The molecule has 0 N–H and O–H groups in total. The topological polar surface area (TPSA) is 31.4 Å². The molecule has 5 heteroatoms. The van der Waals surface area contributed by atoms with Crippen LogP contribution in [0.3, 0.4) is 0 Å². The highest BCUT2D eigenvalue weighted by Crippen LogP contribution is 2.53. The number of rotatable bonds is 0. The van der Waals surface area contributed by atoms with Crippen LogP contribution in [0.2, 0.25) is 0 Å². The summed E-state index contributed by atoms with van der Waals surface area (Å²) in [6, 6.07) is 3.54. The Morgan fingerprint density at radius 1 is 1.50 bits per heavy atom. The molecule has 10 heavy (non-hydrogen) atoms. The minimum Gasteiger partial charge on any atom is -0.421 e. The van der Waals surface area contributed by atoms with Crippen LogP contribution in [0.25, 0.3) is 0 Å². The SMILES string of the molecule is ClP1Oc2cccnc2O1. The van der Waals surface area contributed by atoms with Gasteiger partial charge in [-0.25, -0.2) is 4.98 Å². The third-order valence-electron chi connectivity index (χ3n) is 1.06. The van der Waals surface area contributed by atoms with Gasteiger partial charge in [0.2, 0.25) is 0 Å². The number of hydrogen-bond donors (Lipinski definition) is 0. The number of fused-ring (bicyclic) bond motifs is 1. The Kier molecular flexibility index (Phi) is 1.40. The van der Waals surface area contributed by atoms with E-state index < -0.39 is 7.73 Å². The molecule has 1 unspecified atom stereocenters. The molecule has 0 aliphatic carbocycles. The van der Waals surface area contributed by atoms with E-state index in [-0.39, 0.29) is 0 Å². The van der Waals surface area contributed by atoms with E-state index in [1.807, 2.05) is 0 Å². The Labute approximate surface area is 63.6 Å². The number of hydrogen-bond acceptors (Lipinski definition) is 3. The molecule has 0 aromatic carbocycles. The molecular formula is C5H3ClNO2P. The lowest BCUT2D eigenvalue weighted by Gasteiger charge is -1.92. The van der Waals surface area contributed by atoms with Crippen LogP contribution in [0.4, 0.5) is 0 Å². The van der Waals surface area contributed by atoms with Gasteiger partial charge in [-0.15, -0.1) is 0 Å². The van der Waals surface area contributed by atoms with Gasteiger partial charge in [-0.2, -0.15) is 0 Å². The van der Waals surface area contributed by atoms with Gasteiger partial charge in [0.25, 0.3) is 5.88 Å². The number of aromatic nitrogens is 1. The van der Waals surface area contributed by atoms with Crippen LogP contribution in [0.5, 0.6) is 11.6 Å². The lowest BCUT2D eigenvalue weighted by atomic mass is 10.4. The molecule has 1 aromatic heterocycles. The van der Waals surface area contributed by atoms with Gasteiger partial charge < -0.3 is 9.05 Å². The highest BCUT2D eigenvalue weighted by molar-refractivity contribution is 7.76. The first-order valence-electron chi connectivity index (χ1n) is 2.63. The second-order valence-corrected chi connectivity index (χ2v) is 3.32. The Morgan fingerprint density at radius 2 is 2.40 bits per heavy atom. The fourth-order valence-electron chi connectivity index (χ4n) is 0.678. The molecule has 0 saturated carbocycles. The van der Waals surface area contributed by atoms with Crippen LogP contribution in [0, 0.1) is 0 Å². The third kappa shape index (κ3) is 0.917. The van der Waals surface area contributed by atoms with E-state index in [1.165, 1.54) is 0 Å². The molecule has 1 aliphatic heterocycles. The molecule has 0 fully saturated rings. The van der Waals surface area contributed by atoms with Crippen LogP contribution in [0.15, 0.2) is 18.3 Å². The predicted octanol–water partition coefficient (Wildman–Crippen LogP) is 2.32. The second-order valence-electron chi connectivity index (χ2n) is 1.70. The van der Waals surface area contributed by atoms with Crippen molar-refractivity contribution in [2.75, 3.05) is 0 Å². The van der Waals surface area contributed by atoms with Crippen molar-refractivity contribution in [3.05, 3.63) is 18.3 Å². The van der Waals surface area contributed by atoms with Gasteiger partial charge in [0.05, 0.1) is 0 Å². The van der Waals surface area contributed by atoms with Gasteiger partial charge >= 0.3 is 7.73 Å². The first kappa shape index (κ1) is 6.20. The zero-order valence-corrected chi connectivity index (χ0v) is 6.47. The molecule has 52 valence electrons. The highest BCUT2D eigenvalue weighted by Gasteiger charge is 2.24. The largest absolute Gasteiger partial charge is 0.421 e. The maximum Gasteiger partial charge on any atom is 0.402 e. The summed E-state index contributed by atoms with van der Waals surface area (Å²) in [6.45, 7) is 0. The zero-order valence-electron chi connectivity index (χ0n) is 4.82. The summed E-state index contributed by atoms with van der Waals surface area (Å²) in [5, 5.41) is 0. The van der Waals surface area contributed by atoms with Crippen molar-refractivity contribution in [1.82, 2.24) is 4.98 Å². The number of halogens is 1. The van der Waals surface area contributed by atoms with Crippen LogP contribution < -0.4 is 9.05 Å². The lowest BCUT2D eigenvalue weighted by Crippen LogP contribution is -1.74. The fourth-order valence-corrected chi connectivity index (χ4v) is 1.70. The molecule has 0 spiro atoms. The highest BCUT2D eigenvalue weighted by atomic mass is 35.7. The van der Waals surface area contributed by atoms with Crippen molar-refractivity contribution in [3.8, 4) is 11.6 Å². The summed E-state index contributed by atoms with van der Waals surface area (Å²) in [5.74, 6) is 1.12. The van der Waals surface area contributed by atoms with Crippen molar-refractivity contribution >= 4 is 19.0 Å². The van der Waals surface area contributed by atoms with E-state index in [2.05, 4.69) is 4.98 Å². The summed E-state index contributed by atoms with van der Waals surface area (Å²) in [5.41, 5.74) is 0. The van der Waals surface area contributed by atoms with Gasteiger partial charge in [0, 0.05) is 6.20 Å². The molecule has 3 nitrogen and oxygen atoms in total. The van der Waals surface area contributed by atoms with Gasteiger partial charge in [-0.1, -0.05) is 0 Å². The third-order valence-corrected chi connectivity index (χ3v) is 2.14. The first-order valence-corrected chi connectivity index (χ1v) is 4.71. The molecule has 2 rings (SSSR count). The standard InChI is InChI=1S/C5H3ClNO2P/c6-10-8-4-2-1-3-7-5(4)9-10/h1-3H. The molecule has 1 aromatic rings. The Hall–Kier alpha value is -0.530.